The van der Waals surface area contributed by atoms with Crippen molar-refractivity contribution in [3.63, 3.8) is 0 Å². The SMILES string of the molecule is CC(C)(C)[Si](C)(C)OC[C@H]1O[C@H](c2ccccc2-c2ccccn2)C[C@@H](O)[C@@H]1O. The lowest BCUT2D eigenvalue weighted by atomic mass is 9.90. The maximum absolute atomic E-state index is 10.5. The van der Waals surface area contributed by atoms with Crippen molar-refractivity contribution in [2.24, 2.45) is 0 Å². The second-order valence-electron chi connectivity index (χ2n) is 9.33. The van der Waals surface area contributed by atoms with Gasteiger partial charge < -0.3 is 19.4 Å². The van der Waals surface area contributed by atoms with Gasteiger partial charge in [0.2, 0.25) is 0 Å². The molecule has 2 heterocycles. The van der Waals surface area contributed by atoms with E-state index in [0.717, 1.165) is 16.8 Å². The fourth-order valence-corrected chi connectivity index (χ4v) is 4.35. The van der Waals surface area contributed by atoms with Gasteiger partial charge >= 0.3 is 0 Å². The Morgan fingerprint density at radius 2 is 1.79 bits per heavy atom. The van der Waals surface area contributed by atoms with E-state index in [1.165, 1.54) is 0 Å². The minimum absolute atomic E-state index is 0.0657. The number of hydrogen-bond donors (Lipinski definition) is 2. The molecule has 0 spiro atoms. The van der Waals surface area contributed by atoms with E-state index in [2.05, 4.69) is 38.8 Å². The van der Waals surface area contributed by atoms with Crippen molar-refractivity contribution in [2.75, 3.05) is 6.61 Å². The third-order valence-electron chi connectivity index (χ3n) is 6.23. The fraction of sp³-hybridized carbons (Fsp3) is 0.522. The molecule has 5 nitrogen and oxygen atoms in total. The molecule has 0 aliphatic carbocycles. The predicted octanol–water partition coefficient (Wildman–Crippen LogP) is 4.32. The largest absolute Gasteiger partial charge is 0.414 e. The quantitative estimate of drug-likeness (QED) is 0.712. The van der Waals surface area contributed by atoms with Crippen molar-refractivity contribution in [3.05, 3.63) is 54.2 Å². The fourth-order valence-electron chi connectivity index (χ4n) is 3.33. The lowest BCUT2D eigenvalue weighted by molar-refractivity contribution is -0.179. The Bertz CT molecular complexity index is 806. The Labute approximate surface area is 174 Å². The Balaban J connectivity index is 1.82. The van der Waals surface area contributed by atoms with Crippen LogP contribution < -0.4 is 0 Å². The zero-order valence-electron chi connectivity index (χ0n) is 18.0. The maximum Gasteiger partial charge on any atom is 0.192 e. The monoisotopic (exact) mass is 415 g/mol. The molecule has 1 aliphatic heterocycles. The number of pyridine rings is 1. The lowest BCUT2D eigenvalue weighted by Gasteiger charge is -2.41. The van der Waals surface area contributed by atoms with Crippen LogP contribution in [0.1, 0.15) is 38.9 Å². The Kier molecular flexibility index (Phi) is 6.60. The molecule has 0 unspecified atom stereocenters. The van der Waals surface area contributed by atoms with E-state index >= 15 is 0 Å². The zero-order chi connectivity index (χ0) is 21.2. The van der Waals surface area contributed by atoms with Crippen molar-refractivity contribution in [1.82, 2.24) is 4.98 Å². The normalized spacial score (nSPS) is 25.8. The van der Waals surface area contributed by atoms with Crippen molar-refractivity contribution < 1.29 is 19.4 Å². The highest BCUT2D eigenvalue weighted by Gasteiger charge is 2.42. The molecule has 6 heteroatoms. The first-order chi connectivity index (χ1) is 13.6. The van der Waals surface area contributed by atoms with Crippen LogP contribution in [0.4, 0.5) is 0 Å². The zero-order valence-corrected chi connectivity index (χ0v) is 19.0. The van der Waals surface area contributed by atoms with E-state index in [9.17, 15) is 10.2 Å². The van der Waals surface area contributed by atoms with Crippen LogP contribution in [0.2, 0.25) is 18.1 Å². The number of nitrogens with zero attached hydrogens (tertiary/aromatic N) is 1. The topological polar surface area (TPSA) is 71.8 Å². The standard InChI is InChI=1S/C23H33NO4Si/c1-23(2,3)29(4,5)27-15-21-22(26)19(25)14-20(28-21)17-11-7-6-10-16(17)18-12-8-9-13-24-18/h6-13,19-22,25-26H,14-15H2,1-5H3/t19-,20+,21-,22+/m1/s1. The Morgan fingerprint density at radius 3 is 2.45 bits per heavy atom. The van der Waals surface area contributed by atoms with Crippen LogP contribution in [0.15, 0.2) is 48.7 Å². The van der Waals surface area contributed by atoms with E-state index in [1.807, 2.05) is 42.5 Å². The summed E-state index contributed by atoms with van der Waals surface area (Å²) in [7, 11) is -1.99. The van der Waals surface area contributed by atoms with Gasteiger partial charge in [-0.05, 0) is 35.8 Å². The van der Waals surface area contributed by atoms with Gasteiger partial charge in [-0.25, -0.2) is 0 Å². The second kappa shape index (κ2) is 8.66. The van der Waals surface area contributed by atoms with E-state index in [-0.39, 0.29) is 17.7 Å². The summed E-state index contributed by atoms with van der Waals surface area (Å²) in [4.78, 5) is 4.47. The van der Waals surface area contributed by atoms with Gasteiger partial charge in [0, 0.05) is 18.2 Å². The minimum atomic E-state index is -1.99. The highest BCUT2D eigenvalue weighted by Crippen LogP contribution is 2.39. The van der Waals surface area contributed by atoms with E-state index < -0.39 is 26.6 Å². The van der Waals surface area contributed by atoms with Crippen LogP contribution in [0.3, 0.4) is 0 Å². The molecule has 1 fully saturated rings. The summed E-state index contributed by atoms with van der Waals surface area (Å²) in [5.41, 5.74) is 2.81. The molecular weight excluding hydrogens is 382 g/mol. The number of aromatic nitrogens is 1. The number of ether oxygens (including phenoxy) is 1. The maximum atomic E-state index is 10.5. The van der Waals surface area contributed by atoms with Crippen molar-refractivity contribution >= 4 is 8.32 Å². The first-order valence-corrected chi connectivity index (χ1v) is 13.2. The van der Waals surface area contributed by atoms with Crippen molar-refractivity contribution in [2.45, 2.75) is 69.7 Å². The molecule has 1 aromatic carbocycles. The molecular formula is C23H33NO4Si. The summed E-state index contributed by atoms with van der Waals surface area (Å²) in [6.45, 7) is 11.2. The molecule has 29 heavy (non-hydrogen) atoms. The van der Waals surface area contributed by atoms with Gasteiger partial charge in [0.05, 0.1) is 24.5 Å². The van der Waals surface area contributed by atoms with Gasteiger partial charge in [0.15, 0.2) is 8.32 Å². The second-order valence-corrected chi connectivity index (χ2v) is 14.1. The summed E-state index contributed by atoms with van der Waals surface area (Å²) in [6, 6.07) is 13.8. The van der Waals surface area contributed by atoms with Gasteiger partial charge in [0.25, 0.3) is 0 Å². The molecule has 4 atom stereocenters. The third-order valence-corrected chi connectivity index (χ3v) is 10.7. The number of aliphatic hydroxyl groups is 2. The molecule has 0 bridgehead atoms. The van der Waals surface area contributed by atoms with Crippen LogP contribution in [0, 0.1) is 0 Å². The molecule has 1 aliphatic rings. The summed E-state index contributed by atoms with van der Waals surface area (Å²) in [5.74, 6) is 0. The molecule has 1 aromatic heterocycles. The van der Waals surface area contributed by atoms with Crippen LogP contribution >= 0.6 is 0 Å². The summed E-state index contributed by atoms with van der Waals surface area (Å²) in [6.07, 6.45) is -0.630. The van der Waals surface area contributed by atoms with Crippen LogP contribution in [-0.2, 0) is 9.16 Å². The average molecular weight is 416 g/mol. The van der Waals surface area contributed by atoms with Gasteiger partial charge in [-0.1, -0.05) is 51.1 Å². The molecule has 0 saturated carbocycles. The molecule has 2 aromatic rings. The van der Waals surface area contributed by atoms with Gasteiger partial charge in [-0.2, -0.15) is 0 Å². The number of aliphatic hydroxyl groups excluding tert-OH is 2. The predicted molar refractivity (Wildman–Crippen MR) is 117 cm³/mol. The number of rotatable bonds is 5. The Morgan fingerprint density at radius 1 is 1.10 bits per heavy atom. The van der Waals surface area contributed by atoms with Gasteiger partial charge in [0.1, 0.15) is 12.2 Å². The highest BCUT2D eigenvalue weighted by atomic mass is 28.4. The molecule has 0 amide bonds. The number of benzene rings is 1. The molecule has 1 saturated heterocycles. The molecule has 0 radical (unpaired) electrons. The van der Waals surface area contributed by atoms with E-state index in [1.54, 1.807) is 6.20 Å². The number of hydrogen-bond acceptors (Lipinski definition) is 5. The van der Waals surface area contributed by atoms with Gasteiger partial charge in [-0.3, -0.25) is 4.98 Å². The molecule has 2 N–H and O–H groups in total. The first kappa shape index (κ1) is 22.1. The average Bonchev–Trinajstić information content (AvgIpc) is 2.69. The van der Waals surface area contributed by atoms with Crippen LogP contribution in [0.5, 0.6) is 0 Å². The van der Waals surface area contributed by atoms with Crippen LogP contribution in [-0.4, -0.2) is 48.4 Å². The smallest absolute Gasteiger partial charge is 0.192 e. The summed E-state index contributed by atoms with van der Waals surface area (Å²) >= 11 is 0. The van der Waals surface area contributed by atoms with E-state index in [0.29, 0.717) is 6.42 Å². The molecule has 3 rings (SSSR count). The van der Waals surface area contributed by atoms with Crippen molar-refractivity contribution in [3.8, 4) is 11.3 Å². The Hall–Kier alpha value is -1.57. The molecule has 158 valence electrons. The van der Waals surface area contributed by atoms with Crippen molar-refractivity contribution in [1.29, 1.82) is 0 Å². The van der Waals surface area contributed by atoms with E-state index in [4.69, 9.17) is 9.16 Å². The van der Waals surface area contributed by atoms with Crippen LogP contribution in [0.25, 0.3) is 11.3 Å². The minimum Gasteiger partial charge on any atom is -0.414 e. The lowest BCUT2D eigenvalue weighted by Crippen LogP contribution is -2.51. The summed E-state index contributed by atoms with van der Waals surface area (Å²) in [5, 5.41) is 21.1. The highest BCUT2D eigenvalue weighted by molar-refractivity contribution is 6.74. The van der Waals surface area contributed by atoms with Gasteiger partial charge in [-0.15, -0.1) is 0 Å². The third kappa shape index (κ3) is 4.95. The first-order valence-electron chi connectivity index (χ1n) is 10.3. The summed E-state index contributed by atoms with van der Waals surface area (Å²) < 4.78 is 12.6.